The Kier molecular flexibility index (Phi) is 7.12. The maximum Gasteiger partial charge on any atom is 0.336 e. The summed E-state index contributed by atoms with van der Waals surface area (Å²) in [5.74, 6) is -1.43. The Labute approximate surface area is 199 Å². The molecule has 0 saturated heterocycles. The normalized spacial score (nSPS) is 22.8. The fourth-order valence-corrected chi connectivity index (χ4v) is 5.47. The summed E-state index contributed by atoms with van der Waals surface area (Å²) in [6, 6.07) is 6.16. The second-order valence-corrected chi connectivity index (χ2v) is 9.83. The first-order valence-electron chi connectivity index (χ1n) is 12.2. The van der Waals surface area contributed by atoms with Gasteiger partial charge in [0.05, 0.1) is 5.56 Å². The molecule has 3 N–H and O–H groups in total. The summed E-state index contributed by atoms with van der Waals surface area (Å²) in [5, 5.41) is 9.92. The van der Waals surface area contributed by atoms with Crippen LogP contribution in [0.4, 0.5) is 0 Å². The van der Waals surface area contributed by atoms with Crippen molar-refractivity contribution in [2.24, 2.45) is 11.7 Å². The van der Waals surface area contributed by atoms with E-state index in [2.05, 4.69) is 6.92 Å². The van der Waals surface area contributed by atoms with Crippen molar-refractivity contribution in [1.29, 1.82) is 0 Å². The maximum atomic E-state index is 13.1. The highest BCUT2D eigenvalue weighted by molar-refractivity contribution is 6.29. The van der Waals surface area contributed by atoms with Crippen LogP contribution < -0.4 is 5.73 Å². The van der Waals surface area contributed by atoms with E-state index in [1.807, 2.05) is 0 Å². The van der Waals surface area contributed by atoms with Crippen molar-refractivity contribution in [1.82, 2.24) is 4.90 Å². The minimum Gasteiger partial charge on any atom is -0.478 e. The van der Waals surface area contributed by atoms with Crippen LogP contribution in [0.25, 0.3) is 10.8 Å². The summed E-state index contributed by atoms with van der Waals surface area (Å²) in [4.78, 5) is 50.7. The zero-order valence-electron chi connectivity index (χ0n) is 19.6. The minimum atomic E-state index is -1.20. The Hall–Kier alpha value is -3.06. The number of aldehydes is 1. The molecular formula is C27H32N2O5. The van der Waals surface area contributed by atoms with Crippen LogP contribution in [0.15, 0.2) is 24.3 Å². The van der Waals surface area contributed by atoms with Crippen molar-refractivity contribution in [2.45, 2.75) is 76.8 Å². The molecule has 2 aliphatic carbocycles. The number of carbonyl (C=O) groups excluding carboxylic acids is 3. The quantitative estimate of drug-likeness (QED) is 0.497. The molecule has 2 fully saturated rings. The van der Waals surface area contributed by atoms with Crippen molar-refractivity contribution in [3.05, 3.63) is 46.5 Å². The van der Waals surface area contributed by atoms with Crippen molar-refractivity contribution in [3.8, 4) is 0 Å². The Morgan fingerprint density at radius 1 is 0.912 bits per heavy atom. The van der Waals surface area contributed by atoms with Crippen LogP contribution >= 0.6 is 0 Å². The summed E-state index contributed by atoms with van der Waals surface area (Å²) >= 11 is 0. The Bertz CT molecular complexity index is 1110. The van der Waals surface area contributed by atoms with E-state index < -0.39 is 17.8 Å². The number of imide groups is 1. The maximum absolute atomic E-state index is 13.1. The summed E-state index contributed by atoms with van der Waals surface area (Å²) in [6.45, 7) is 2.17. The minimum absolute atomic E-state index is 0.0850. The molecule has 7 heteroatoms. The van der Waals surface area contributed by atoms with Gasteiger partial charge in [0, 0.05) is 39.5 Å². The van der Waals surface area contributed by atoms with Crippen LogP contribution in [0.3, 0.4) is 0 Å². The third kappa shape index (κ3) is 4.49. The summed E-state index contributed by atoms with van der Waals surface area (Å²) in [5.41, 5.74) is 6.28. The molecule has 2 aromatic carbocycles. The molecule has 2 saturated carbocycles. The van der Waals surface area contributed by atoms with Gasteiger partial charge in [0.25, 0.3) is 11.8 Å². The first-order chi connectivity index (χ1) is 16.3. The van der Waals surface area contributed by atoms with Gasteiger partial charge in [-0.3, -0.25) is 19.3 Å². The van der Waals surface area contributed by atoms with Gasteiger partial charge in [-0.1, -0.05) is 32.3 Å². The zero-order chi connectivity index (χ0) is 24.4. The number of rotatable bonds is 3. The number of carboxylic acids is 1. The number of carboxylic acid groups (broad SMARTS) is 1. The van der Waals surface area contributed by atoms with Gasteiger partial charge in [0.1, 0.15) is 0 Å². The second-order valence-electron chi connectivity index (χ2n) is 9.83. The van der Waals surface area contributed by atoms with E-state index in [-0.39, 0.29) is 39.1 Å². The van der Waals surface area contributed by atoms with Crippen molar-refractivity contribution >= 4 is 34.8 Å². The molecule has 2 aromatic rings. The van der Waals surface area contributed by atoms with Gasteiger partial charge < -0.3 is 10.8 Å². The molecule has 3 aliphatic rings. The summed E-state index contributed by atoms with van der Waals surface area (Å²) in [6.07, 6.45) is 10.7. The summed E-state index contributed by atoms with van der Waals surface area (Å²) < 4.78 is 0. The molecule has 0 unspecified atom stereocenters. The lowest BCUT2D eigenvalue weighted by atomic mass is 9.83. The smallest absolute Gasteiger partial charge is 0.336 e. The average Bonchev–Trinajstić information content (AvgIpc) is 2.84. The predicted octanol–water partition coefficient (Wildman–Crippen LogP) is 4.80. The molecule has 0 spiro atoms. The molecule has 7 nitrogen and oxygen atoms in total. The van der Waals surface area contributed by atoms with Gasteiger partial charge in [-0.05, 0) is 62.6 Å². The van der Waals surface area contributed by atoms with Crippen LogP contribution in [0, 0.1) is 5.92 Å². The van der Waals surface area contributed by atoms with E-state index >= 15 is 0 Å². The van der Waals surface area contributed by atoms with Crippen LogP contribution in [-0.4, -0.2) is 46.2 Å². The van der Waals surface area contributed by atoms with E-state index in [1.54, 1.807) is 0 Å². The van der Waals surface area contributed by atoms with E-state index in [1.165, 1.54) is 61.3 Å². The second kappa shape index (κ2) is 10.1. The predicted molar refractivity (Wildman–Crippen MR) is 129 cm³/mol. The summed E-state index contributed by atoms with van der Waals surface area (Å²) in [7, 11) is 0. The first-order valence-corrected chi connectivity index (χ1v) is 12.2. The Morgan fingerprint density at radius 3 is 2.00 bits per heavy atom. The highest BCUT2D eigenvalue weighted by atomic mass is 16.4. The van der Waals surface area contributed by atoms with Crippen molar-refractivity contribution in [3.63, 3.8) is 0 Å². The number of nitrogens with two attached hydrogens (primary N) is 1. The average molecular weight is 465 g/mol. The molecule has 1 heterocycles. The molecule has 34 heavy (non-hydrogen) atoms. The Morgan fingerprint density at radius 2 is 1.50 bits per heavy atom. The molecular weight excluding hydrogens is 432 g/mol. The molecule has 5 rings (SSSR count). The van der Waals surface area contributed by atoms with Crippen molar-refractivity contribution in [2.75, 3.05) is 0 Å². The van der Waals surface area contributed by atoms with Crippen LogP contribution in [0.1, 0.15) is 106 Å². The van der Waals surface area contributed by atoms with Gasteiger partial charge in [-0.25, -0.2) is 4.79 Å². The molecule has 1 aliphatic heterocycles. The lowest BCUT2D eigenvalue weighted by Gasteiger charge is -2.37. The van der Waals surface area contributed by atoms with Gasteiger partial charge in [0.15, 0.2) is 6.29 Å². The fraction of sp³-hybridized carbons (Fsp3) is 0.481. The van der Waals surface area contributed by atoms with Gasteiger partial charge in [-0.15, -0.1) is 0 Å². The topological polar surface area (TPSA) is 118 Å². The number of hydrogen-bond acceptors (Lipinski definition) is 5. The highest BCUT2D eigenvalue weighted by Gasteiger charge is 2.39. The van der Waals surface area contributed by atoms with E-state index in [0.29, 0.717) is 18.2 Å². The molecule has 2 amide bonds. The van der Waals surface area contributed by atoms with Crippen LogP contribution in [0.5, 0.6) is 0 Å². The van der Waals surface area contributed by atoms with Gasteiger partial charge >= 0.3 is 5.97 Å². The number of aromatic carboxylic acids is 1. The SMILES string of the molecule is CC1CCC(N2C(=O)c3ccc(C=O)c4c(C(=O)O)ccc(c34)C2=O)CC1.NC1CCCCC1. The van der Waals surface area contributed by atoms with Gasteiger partial charge in [-0.2, -0.15) is 0 Å². The third-order valence-electron chi connectivity index (χ3n) is 7.45. The molecule has 0 atom stereocenters. The number of amides is 2. The number of nitrogens with zero attached hydrogens (tertiary/aromatic N) is 1. The third-order valence-corrected chi connectivity index (χ3v) is 7.45. The van der Waals surface area contributed by atoms with E-state index in [0.717, 1.165) is 25.7 Å². The number of benzene rings is 2. The number of carbonyl (C=O) groups is 4. The van der Waals surface area contributed by atoms with Crippen LogP contribution in [0.2, 0.25) is 0 Å². The van der Waals surface area contributed by atoms with Crippen LogP contribution in [-0.2, 0) is 0 Å². The molecule has 180 valence electrons. The zero-order valence-corrected chi connectivity index (χ0v) is 19.6. The monoisotopic (exact) mass is 464 g/mol. The van der Waals surface area contributed by atoms with E-state index in [4.69, 9.17) is 5.73 Å². The number of hydrogen-bond donors (Lipinski definition) is 2. The lowest BCUT2D eigenvalue weighted by molar-refractivity contribution is 0.0486. The first kappa shape index (κ1) is 24.1. The molecule has 0 radical (unpaired) electrons. The molecule has 0 bridgehead atoms. The standard InChI is InChI=1S/C21H19NO5.C6H13N/c1-11-2-5-13(6-3-11)22-19(24)14-7-4-12(10-23)17-16(21(26)27)9-8-15(18(14)17)20(22)25;7-6-4-2-1-3-5-6/h4,7-11,13H,2-3,5-6H2,1H3,(H,26,27);6H,1-5,7H2. The molecule has 0 aromatic heterocycles. The largest absolute Gasteiger partial charge is 0.478 e. The lowest BCUT2D eigenvalue weighted by Crippen LogP contribution is -2.48. The van der Waals surface area contributed by atoms with Crippen molar-refractivity contribution < 1.29 is 24.3 Å². The Balaban J connectivity index is 0.000000336. The fourth-order valence-electron chi connectivity index (χ4n) is 5.47. The van der Waals surface area contributed by atoms with E-state index in [9.17, 15) is 24.3 Å². The highest BCUT2D eigenvalue weighted by Crippen LogP contribution is 2.37. The van der Waals surface area contributed by atoms with Gasteiger partial charge in [0.2, 0.25) is 0 Å².